The molecule has 9 heteroatoms. The van der Waals surface area contributed by atoms with Crippen molar-refractivity contribution in [2.75, 3.05) is 25.0 Å². The summed E-state index contributed by atoms with van der Waals surface area (Å²) in [5.41, 5.74) is 6.47. The predicted molar refractivity (Wildman–Crippen MR) is 110 cm³/mol. The third kappa shape index (κ3) is 5.55. The number of anilines is 1. The maximum Gasteiger partial charge on any atom is 0.262 e. The number of rotatable bonds is 9. The van der Waals surface area contributed by atoms with E-state index < -0.39 is 21.8 Å². The first-order valence-corrected chi connectivity index (χ1v) is 10.6. The van der Waals surface area contributed by atoms with Crippen molar-refractivity contribution < 1.29 is 22.7 Å². The van der Waals surface area contributed by atoms with Crippen molar-refractivity contribution in [3.8, 4) is 5.75 Å². The maximum absolute atomic E-state index is 12.8. The van der Waals surface area contributed by atoms with Crippen molar-refractivity contribution in [1.82, 2.24) is 4.31 Å². The number of hydrogen-bond acceptors (Lipinski definition) is 5. The van der Waals surface area contributed by atoms with E-state index in [1.54, 1.807) is 32.9 Å². The normalized spacial score (nSPS) is 11.3. The third-order valence-electron chi connectivity index (χ3n) is 4.30. The monoisotopic (exact) mass is 419 g/mol. The fraction of sp³-hybridized carbons (Fsp3) is 0.300. The molecule has 2 aromatic rings. The van der Waals surface area contributed by atoms with Crippen LogP contribution in [-0.4, -0.2) is 44.2 Å². The molecule has 0 aliphatic rings. The average molecular weight is 420 g/mol. The minimum absolute atomic E-state index is 0.155. The summed E-state index contributed by atoms with van der Waals surface area (Å²) in [6, 6.07) is 10.8. The summed E-state index contributed by atoms with van der Waals surface area (Å²) in [6.07, 6.45) is 0. The Hall–Kier alpha value is -2.91. The van der Waals surface area contributed by atoms with Crippen LogP contribution in [0.5, 0.6) is 5.75 Å². The van der Waals surface area contributed by atoms with Gasteiger partial charge in [0.15, 0.2) is 6.61 Å². The standard InChI is InChI=1S/C20H25N3O5S/c1-4-23(5-2)29(26,27)18-12-16(9-6-14(18)3)22-19(24)13-28-17-10-7-15(8-11-17)20(21)25/h6-12H,4-5,13H2,1-3H3,(H2,21,25)(H,22,24). The second kappa shape index (κ2) is 9.53. The topological polar surface area (TPSA) is 119 Å². The Bertz CT molecular complexity index is 984. The van der Waals surface area contributed by atoms with Crippen LogP contribution in [0.4, 0.5) is 5.69 Å². The van der Waals surface area contributed by atoms with Gasteiger partial charge in [0, 0.05) is 24.3 Å². The van der Waals surface area contributed by atoms with Crippen molar-refractivity contribution in [2.45, 2.75) is 25.7 Å². The van der Waals surface area contributed by atoms with E-state index in [-0.39, 0.29) is 11.5 Å². The van der Waals surface area contributed by atoms with Gasteiger partial charge in [0.1, 0.15) is 5.75 Å². The van der Waals surface area contributed by atoms with E-state index in [4.69, 9.17) is 10.5 Å². The van der Waals surface area contributed by atoms with E-state index in [0.29, 0.717) is 35.7 Å². The second-order valence-corrected chi connectivity index (χ2v) is 8.20. The summed E-state index contributed by atoms with van der Waals surface area (Å²) in [5.74, 6) is -0.595. The quantitative estimate of drug-likeness (QED) is 0.645. The summed E-state index contributed by atoms with van der Waals surface area (Å²) < 4.78 is 32.3. The number of sulfonamides is 1. The van der Waals surface area contributed by atoms with Gasteiger partial charge in [0.25, 0.3) is 5.91 Å². The lowest BCUT2D eigenvalue weighted by Gasteiger charge is -2.20. The van der Waals surface area contributed by atoms with Gasteiger partial charge in [0.2, 0.25) is 15.9 Å². The lowest BCUT2D eigenvalue weighted by molar-refractivity contribution is -0.118. The molecule has 2 aromatic carbocycles. The number of carbonyl (C=O) groups is 2. The molecule has 0 aromatic heterocycles. The Balaban J connectivity index is 2.08. The van der Waals surface area contributed by atoms with Crippen LogP contribution in [0.3, 0.4) is 0 Å². The fourth-order valence-corrected chi connectivity index (χ4v) is 4.43. The molecule has 0 saturated heterocycles. The molecule has 0 atom stereocenters. The number of ether oxygens (including phenoxy) is 1. The molecule has 0 spiro atoms. The van der Waals surface area contributed by atoms with Crippen LogP contribution in [0.25, 0.3) is 0 Å². The van der Waals surface area contributed by atoms with Gasteiger partial charge in [-0.05, 0) is 48.9 Å². The van der Waals surface area contributed by atoms with Crippen LogP contribution in [-0.2, 0) is 14.8 Å². The molecule has 8 nitrogen and oxygen atoms in total. The lowest BCUT2D eigenvalue weighted by atomic mass is 10.2. The van der Waals surface area contributed by atoms with Crippen LogP contribution in [0.1, 0.15) is 29.8 Å². The Morgan fingerprint density at radius 3 is 2.24 bits per heavy atom. The van der Waals surface area contributed by atoms with Gasteiger partial charge in [-0.15, -0.1) is 0 Å². The second-order valence-electron chi connectivity index (χ2n) is 6.30. The zero-order valence-electron chi connectivity index (χ0n) is 16.6. The van der Waals surface area contributed by atoms with E-state index in [9.17, 15) is 18.0 Å². The van der Waals surface area contributed by atoms with Gasteiger partial charge in [0.05, 0.1) is 4.90 Å². The number of aryl methyl sites for hydroxylation is 1. The van der Waals surface area contributed by atoms with Crippen molar-refractivity contribution in [1.29, 1.82) is 0 Å². The highest BCUT2D eigenvalue weighted by molar-refractivity contribution is 7.89. The summed E-state index contributed by atoms with van der Waals surface area (Å²) in [6.45, 7) is 5.70. The number of nitrogens with zero attached hydrogens (tertiary/aromatic N) is 1. The minimum Gasteiger partial charge on any atom is -0.484 e. The van der Waals surface area contributed by atoms with Crippen LogP contribution in [0.15, 0.2) is 47.4 Å². The van der Waals surface area contributed by atoms with E-state index in [0.717, 1.165) is 0 Å². The van der Waals surface area contributed by atoms with E-state index in [1.807, 2.05) is 0 Å². The van der Waals surface area contributed by atoms with Gasteiger partial charge in [-0.1, -0.05) is 19.9 Å². The number of amides is 2. The van der Waals surface area contributed by atoms with Crippen molar-refractivity contribution in [3.05, 3.63) is 53.6 Å². The Morgan fingerprint density at radius 2 is 1.69 bits per heavy atom. The smallest absolute Gasteiger partial charge is 0.262 e. The maximum atomic E-state index is 12.8. The first-order chi connectivity index (χ1) is 13.7. The lowest BCUT2D eigenvalue weighted by Crippen LogP contribution is -2.31. The molecule has 0 radical (unpaired) electrons. The van der Waals surface area contributed by atoms with Gasteiger partial charge in [-0.2, -0.15) is 4.31 Å². The Morgan fingerprint density at radius 1 is 1.07 bits per heavy atom. The number of primary amides is 1. The minimum atomic E-state index is -3.64. The van der Waals surface area contributed by atoms with Crippen molar-refractivity contribution in [3.63, 3.8) is 0 Å². The molecule has 0 heterocycles. The molecule has 2 rings (SSSR count). The van der Waals surface area contributed by atoms with Gasteiger partial charge < -0.3 is 15.8 Å². The van der Waals surface area contributed by atoms with E-state index in [2.05, 4.69) is 5.32 Å². The fourth-order valence-electron chi connectivity index (χ4n) is 2.72. The molecular formula is C20H25N3O5S. The molecule has 29 heavy (non-hydrogen) atoms. The van der Waals surface area contributed by atoms with Crippen LogP contribution in [0, 0.1) is 6.92 Å². The summed E-state index contributed by atoms with van der Waals surface area (Å²) >= 11 is 0. The molecule has 2 amide bonds. The number of carbonyl (C=O) groups excluding carboxylic acids is 2. The summed E-state index contributed by atoms with van der Waals surface area (Å²) in [7, 11) is -3.64. The highest BCUT2D eigenvalue weighted by atomic mass is 32.2. The predicted octanol–water partition coefficient (Wildman–Crippen LogP) is 2.14. The molecule has 0 bridgehead atoms. The summed E-state index contributed by atoms with van der Waals surface area (Å²) in [4.78, 5) is 23.4. The van der Waals surface area contributed by atoms with Crippen LogP contribution in [0.2, 0.25) is 0 Å². The van der Waals surface area contributed by atoms with Gasteiger partial charge in [-0.3, -0.25) is 9.59 Å². The molecule has 0 aliphatic carbocycles. The molecule has 0 fully saturated rings. The van der Waals surface area contributed by atoms with E-state index in [1.165, 1.54) is 34.6 Å². The Kier molecular flexibility index (Phi) is 7.35. The Labute approximate surface area is 170 Å². The van der Waals surface area contributed by atoms with Crippen molar-refractivity contribution in [2.24, 2.45) is 5.73 Å². The van der Waals surface area contributed by atoms with Gasteiger partial charge >= 0.3 is 0 Å². The highest BCUT2D eigenvalue weighted by Gasteiger charge is 2.24. The molecule has 0 saturated carbocycles. The zero-order chi connectivity index (χ0) is 21.6. The zero-order valence-corrected chi connectivity index (χ0v) is 17.5. The molecule has 156 valence electrons. The largest absolute Gasteiger partial charge is 0.484 e. The summed E-state index contributed by atoms with van der Waals surface area (Å²) in [5, 5.41) is 2.64. The van der Waals surface area contributed by atoms with E-state index >= 15 is 0 Å². The molecule has 0 aliphatic heterocycles. The van der Waals surface area contributed by atoms with Crippen LogP contribution >= 0.6 is 0 Å². The first-order valence-electron chi connectivity index (χ1n) is 9.12. The molecular weight excluding hydrogens is 394 g/mol. The number of nitrogens with one attached hydrogen (secondary N) is 1. The third-order valence-corrected chi connectivity index (χ3v) is 6.50. The number of hydrogen-bond donors (Lipinski definition) is 2. The van der Waals surface area contributed by atoms with Crippen molar-refractivity contribution >= 4 is 27.5 Å². The average Bonchev–Trinajstić information content (AvgIpc) is 2.68. The number of nitrogens with two attached hydrogens (primary N) is 1. The SMILES string of the molecule is CCN(CC)S(=O)(=O)c1cc(NC(=O)COc2ccc(C(N)=O)cc2)ccc1C. The van der Waals surface area contributed by atoms with Gasteiger partial charge in [-0.25, -0.2) is 8.42 Å². The first kappa shape index (κ1) is 22.4. The molecule has 3 N–H and O–H groups in total. The molecule has 0 unspecified atom stereocenters. The highest BCUT2D eigenvalue weighted by Crippen LogP contribution is 2.23. The number of benzene rings is 2. The van der Waals surface area contributed by atoms with Crippen LogP contribution < -0.4 is 15.8 Å².